The highest BCUT2D eigenvalue weighted by atomic mass is 35.5. The van der Waals surface area contributed by atoms with Gasteiger partial charge in [0.15, 0.2) is 0 Å². The van der Waals surface area contributed by atoms with Gasteiger partial charge in [0.05, 0.1) is 5.56 Å². The predicted molar refractivity (Wildman–Crippen MR) is 120 cm³/mol. The minimum atomic E-state index is -0.160. The molecule has 1 unspecified atom stereocenters. The van der Waals surface area contributed by atoms with Crippen LogP contribution in [0.25, 0.3) is 0 Å². The van der Waals surface area contributed by atoms with Crippen molar-refractivity contribution in [3.63, 3.8) is 0 Å². The number of aryl methyl sites for hydroxylation is 2. The van der Waals surface area contributed by atoms with Crippen molar-refractivity contribution in [2.45, 2.75) is 45.6 Å². The summed E-state index contributed by atoms with van der Waals surface area (Å²) >= 11 is 1.39. The van der Waals surface area contributed by atoms with Gasteiger partial charge in [-0.05, 0) is 65.8 Å². The molecule has 0 radical (unpaired) electrons. The number of hydrogen-bond acceptors (Lipinski definition) is 4. The summed E-state index contributed by atoms with van der Waals surface area (Å²) in [4.78, 5) is 27.7. The van der Waals surface area contributed by atoms with E-state index in [1.165, 1.54) is 22.5 Å². The van der Waals surface area contributed by atoms with E-state index in [0.29, 0.717) is 29.2 Å². The van der Waals surface area contributed by atoms with Crippen LogP contribution in [0.15, 0.2) is 29.6 Å². The predicted octanol–water partition coefficient (Wildman–Crippen LogP) is 4.11. The second kappa shape index (κ2) is 8.46. The van der Waals surface area contributed by atoms with Gasteiger partial charge in [-0.3, -0.25) is 9.59 Å². The van der Waals surface area contributed by atoms with E-state index in [1.54, 1.807) is 6.07 Å². The van der Waals surface area contributed by atoms with Crippen molar-refractivity contribution in [3.8, 4) is 0 Å². The van der Waals surface area contributed by atoms with E-state index >= 15 is 0 Å². The molecule has 0 bridgehead atoms. The molecule has 0 spiro atoms. The number of amides is 2. The molecule has 156 valence electrons. The molecular weight excluding hydrogens is 406 g/mol. The fourth-order valence-corrected chi connectivity index (χ4v) is 4.95. The summed E-state index contributed by atoms with van der Waals surface area (Å²) in [5.74, 6) is -0.197. The summed E-state index contributed by atoms with van der Waals surface area (Å²) < 4.78 is 0. The first-order chi connectivity index (χ1) is 13.3. The number of rotatable bonds is 3. The third-order valence-electron chi connectivity index (χ3n) is 6.08. The summed E-state index contributed by atoms with van der Waals surface area (Å²) in [7, 11) is 0. The van der Waals surface area contributed by atoms with E-state index in [0.717, 1.165) is 25.7 Å². The zero-order chi connectivity index (χ0) is 19.9. The number of likely N-dealkylation sites (tertiary alicyclic amines) is 1. The quantitative estimate of drug-likeness (QED) is 0.764. The zero-order valence-electron chi connectivity index (χ0n) is 16.9. The Morgan fingerprint density at radius 2 is 1.97 bits per heavy atom. The van der Waals surface area contributed by atoms with Gasteiger partial charge in [0.1, 0.15) is 5.00 Å². The van der Waals surface area contributed by atoms with Gasteiger partial charge in [-0.15, -0.1) is 23.7 Å². The normalized spacial score (nSPS) is 20.0. The van der Waals surface area contributed by atoms with Crippen molar-refractivity contribution >= 4 is 40.6 Å². The Labute approximate surface area is 182 Å². The Hall–Kier alpha value is -1.89. The number of carbonyl (C=O) groups excluding carboxylic acids is 2. The highest BCUT2D eigenvalue weighted by molar-refractivity contribution is 7.14. The molecule has 3 N–H and O–H groups in total. The van der Waals surface area contributed by atoms with Crippen molar-refractivity contribution in [1.29, 1.82) is 0 Å². The Bertz CT molecular complexity index is 925. The van der Waals surface area contributed by atoms with Crippen molar-refractivity contribution in [3.05, 3.63) is 51.9 Å². The highest BCUT2D eigenvalue weighted by Crippen LogP contribution is 2.31. The van der Waals surface area contributed by atoms with E-state index in [2.05, 4.69) is 25.2 Å². The maximum Gasteiger partial charge on any atom is 0.256 e. The van der Waals surface area contributed by atoms with Crippen LogP contribution in [0.4, 0.5) is 5.00 Å². The number of nitrogens with one attached hydrogen (secondary N) is 1. The molecule has 2 amide bonds. The van der Waals surface area contributed by atoms with Crippen LogP contribution in [0, 0.1) is 5.41 Å². The van der Waals surface area contributed by atoms with Crippen LogP contribution in [0.5, 0.6) is 0 Å². The molecule has 1 aromatic heterocycles. The first-order valence-electron chi connectivity index (χ1n) is 9.91. The van der Waals surface area contributed by atoms with Crippen LogP contribution in [-0.2, 0) is 12.8 Å². The van der Waals surface area contributed by atoms with Gasteiger partial charge in [0.2, 0.25) is 0 Å². The average Bonchev–Trinajstić information content (AvgIpc) is 3.31. The molecule has 29 heavy (non-hydrogen) atoms. The van der Waals surface area contributed by atoms with Gasteiger partial charge in [-0.2, -0.15) is 0 Å². The lowest BCUT2D eigenvalue weighted by atomic mass is 9.79. The number of fused-ring (bicyclic) bond motifs is 1. The van der Waals surface area contributed by atoms with E-state index in [4.69, 9.17) is 5.73 Å². The van der Waals surface area contributed by atoms with Crippen molar-refractivity contribution < 1.29 is 9.59 Å². The first-order valence-corrected chi connectivity index (χ1v) is 10.8. The monoisotopic (exact) mass is 433 g/mol. The van der Waals surface area contributed by atoms with Crippen LogP contribution < -0.4 is 11.1 Å². The molecule has 1 saturated heterocycles. The minimum Gasteiger partial charge on any atom is -0.338 e. The van der Waals surface area contributed by atoms with Gasteiger partial charge < -0.3 is 16.0 Å². The Morgan fingerprint density at radius 1 is 1.21 bits per heavy atom. The lowest BCUT2D eigenvalue weighted by Crippen LogP contribution is -2.54. The van der Waals surface area contributed by atoms with Gasteiger partial charge >= 0.3 is 0 Å². The van der Waals surface area contributed by atoms with Gasteiger partial charge in [0, 0.05) is 24.7 Å². The molecule has 2 heterocycles. The van der Waals surface area contributed by atoms with Crippen LogP contribution >= 0.6 is 23.7 Å². The van der Waals surface area contributed by atoms with Crippen molar-refractivity contribution in [2.75, 3.05) is 18.4 Å². The Balaban J connectivity index is 0.00000240. The van der Waals surface area contributed by atoms with E-state index < -0.39 is 0 Å². The third-order valence-corrected chi connectivity index (χ3v) is 6.91. The number of carbonyl (C=O) groups is 2. The van der Waals surface area contributed by atoms with Crippen LogP contribution in [0.3, 0.4) is 0 Å². The van der Waals surface area contributed by atoms with Crippen LogP contribution in [0.2, 0.25) is 0 Å². The summed E-state index contributed by atoms with van der Waals surface area (Å²) in [5.41, 5.74) is 9.91. The number of hydrogen-bond donors (Lipinski definition) is 2. The van der Waals surface area contributed by atoms with Crippen LogP contribution in [0.1, 0.15) is 58.5 Å². The summed E-state index contributed by atoms with van der Waals surface area (Å²) in [6.45, 7) is 5.47. The second-order valence-corrected chi connectivity index (χ2v) is 9.48. The van der Waals surface area contributed by atoms with Crippen LogP contribution in [-0.4, -0.2) is 35.8 Å². The van der Waals surface area contributed by atoms with Gasteiger partial charge in [-0.25, -0.2) is 0 Å². The van der Waals surface area contributed by atoms with Gasteiger partial charge in [-0.1, -0.05) is 19.9 Å². The van der Waals surface area contributed by atoms with Crippen molar-refractivity contribution in [2.24, 2.45) is 11.1 Å². The molecule has 2 aromatic rings. The molecule has 7 heteroatoms. The highest BCUT2D eigenvalue weighted by Gasteiger charge is 2.36. The topological polar surface area (TPSA) is 75.4 Å². The number of benzene rings is 1. The number of piperidine rings is 1. The largest absolute Gasteiger partial charge is 0.338 e. The standard InChI is InChI=1S/C22H27N3O2S.ClH/c1-22(2)13-25(10-8-18(22)23)21(27)17-9-11-28-20(17)24-19(26)16-7-6-14-4-3-5-15(14)12-16;/h6-7,9,11-12,18H,3-5,8,10,13,23H2,1-2H3,(H,24,26);1H. The number of halogens is 1. The summed E-state index contributed by atoms with van der Waals surface area (Å²) in [5, 5.41) is 5.42. The van der Waals surface area contributed by atoms with E-state index in [-0.39, 0.29) is 35.7 Å². The lowest BCUT2D eigenvalue weighted by molar-refractivity contribution is 0.0534. The number of nitrogens with two attached hydrogens (primary N) is 1. The molecule has 0 saturated carbocycles. The molecule has 2 aliphatic rings. The number of anilines is 1. The fraction of sp³-hybridized carbons (Fsp3) is 0.455. The maximum atomic E-state index is 13.1. The average molecular weight is 434 g/mol. The summed E-state index contributed by atoms with van der Waals surface area (Å²) in [6, 6.07) is 7.81. The molecule has 1 fully saturated rings. The number of nitrogens with zero attached hydrogens (tertiary/aromatic N) is 1. The third kappa shape index (κ3) is 4.34. The lowest BCUT2D eigenvalue weighted by Gasteiger charge is -2.42. The molecule has 1 aliphatic heterocycles. The zero-order valence-corrected chi connectivity index (χ0v) is 18.5. The molecule has 1 atom stereocenters. The SMILES string of the molecule is CC1(C)CN(C(=O)c2ccsc2NC(=O)c2ccc3c(c2)CCC3)CCC1N.Cl. The maximum absolute atomic E-state index is 13.1. The fourth-order valence-electron chi connectivity index (χ4n) is 4.18. The molecule has 4 rings (SSSR count). The minimum absolute atomic E-state index is 0. The van der Waals surface area contributed by atoms with E-state index in [9.17, 15) is 9.59 Å². The second-order valence-electron chi connectivity index (χ2n) is 8.57. The molecule has 5 nitrogen and oxygen atoms in total. The smallest absolute Gasteiger partial charge is 0.256 e. The van der Waals surface area contributed by atoms with Gasteiger partial charge in [0.25, 0.3) is 11.8 Å². The van der Waals surface area contributed by atoms with E-state index in [1.807, 2.05) is 22.4 Å². The Kier molecular flexibility index (Phi) is 6.36. The Morgan fingerprint density at radius 3 is 2.72 bits per heavy atom. The van der Waals surface area contributed by atoms with Crippen molar-refractivity contribution in [1.82, 2.24) is 4.90 Å². The molecule has 1 aromatic carbocycles. The molecular formula is C22H28ClN3O2S. The summed E-state index contributed by atoms with van der Waals surface area (Å²) in [6.07, 6.45) is 4.07. The first kappa shape index (κ1) is 21.8. The molecule has 1 aliphatic carbocycles. The number of thiophene rings is 1.